The van der Waals surface area contributed by atoms with Crippen molar-refractivity contribution in [2.75, 3.05) is 18.4 Å². The third-order valence-corrected chi connectivity index (χ3v) is 2.93. The summed E-state index contributed by atoms with van der Waals surface area (Å²) in [4.78, 5) is 25.2. The fourth-order valence-electron chi connectivity index (χ4n) is 1.89. The zero-order chi connectivity index (χ0) is 15.1. The third-order valence-electron chi connectivity index (χ3n) is 2.93. The number of carbonyl (C=O) groups is 2. The number of amides is 2. The minimum atomic E-state index is -0.508. The molecule has 5 nitrogen and oxygen atoms in total. The first-order valence-corrected chi connectivity index (χ1v) is 6.89. The Morgan fingerprint density at radius 2 is 1.95 bits per heavy atom. The summed E-state index contributed by atoms with van der Waals surface area (Å²) in [5.41, 5.74) is 6.57. The lowest BCUT2D eigenvalue weighted by molar-refractivity contribution is -0.119. The van der Waals surface area contributed by atoms with E-state index < -0.39 is 5.91 Å². The maximum absolute atomic E-state index is 12.6. The number of primary amides is 1. The van der Waals surface area contributed by atoms with E-state index in [1.54, 1.807) is 6.07 Å². The largest absolute Gasteiger partial charge is 0.384 e. The van der Waals surface area contributed by atoms with E-state index in [9.17, 15) is 9.59 Å². The van der Waals surface area contributed by atoms with Gasteiger partial charge in [0.25, 0.3) is 5.91 Å². The van der Waals surface area contributed by atoms with Gasteiger partial charge in [-0.15, -0.1) is 0 Å². The molecular weight excluding hydrogens is 254 g/mol. The van der Waals surface area contributed by atoms with Gasteiger partial charge < -0.3 is 16.0 Å². The molecule has 1 aromatic carbocycles. The number of nitrogens with two attached hydrogens (primary N) is 1. The summed E-state index contributed by atoms with van der Waals surface area (Å²) in [5.74, 6) is -0.691. The number of anilines is 1. The van der Waals surface area contributed by atoms with Crippen LogP contribution >= 0.6 is 0 Å². The van der Waals surface area contributed by atoms with Crippen molar-refractivity contribution < 1.29 is 9.59 Å². The molecule has 5 heteroatoms. The molecule has 110 valence electrons. The second-order valence-electron chi connectivity index (χ2n) is 4.97. The van der Waals surface area contributed by atoms with Gasteiger partial charge in [0, 0.05) is 18.3 Å². The molecule has 0 heterocycles. The van der Waals surface area contributed by atoms with Crippen molar-refractivity contribution in [3.05, 3.63) is 29.8 Å². The van der Waals surface area contributed by atoms with Gasteiger partial charge in [-0.2, -0.15) is 0 Å². The summed E-state index contributed by atoms with van der Waals surface area (Å²) in [6.07, 6.45) is 0.970. The molecule has 0 atom stereocenters. The van der Waals surface area contributed by atoms with Crippen molar-refractivity contribution in [2.24, 2.45) is 5.73 Å². The quantitative estimate of drug-likeness (QED) is 0.798. The third kappa shape index (κ3) is 4.26. The molecule has 0 saturated heterocycles. The van der Waals surface area contributed by atoms with E-state index in [0.29, 0.717) is 5.56 Å². The van der Waals surface area contributed by atoms with Crippen LogP contribution in [0.25, 0.3) is 0 Å². The van der Waals surface area contributed by atoms with Gasteiger partial charge in [0.05, 0.1) is 12.1 Å². The molecule has 0 unspecified atom stereocenters. The number of hydrogen-bond donors (Lipinski definition) is 2. The Morgan fingerprint density at radius 1 is 1.30 bits per heavy atom. The topological polar surface area (TPSA) is 75.4 Å². The normalized spacial score (nSPS) is 10.4. The lowest BCUT2D eigenvalue weighted by atomic mass is 10.1. The molecule has 2 amide bonds. The SMILES string of the molecule is CCCNc1ccccc1C(=O)N(CC(N)=O)C(C)C. The molecule has 1 aromatic rings. The average Bonchev–Trinajstić information content (AvgIpc) is 2.41. The van der Waals surface area contributed by atoms with Gasteiger partial charge >= 0.3 is 0 Å². The fourth-order valence-corrected chi connectivity index (χ4v) is 1.89. The van der Waals surface area contributed by atoms with Crippen molar-refractivity contribution in [1.29, 1.82) is 0 Å². The number of para-hydroxylation sites is 1. The summed E-state index contributed by atoms with van der Waals surface area (Å²) in [5, 5.41) is 3.23. The smallest absolute Gasteiger partial charge is 0.256 e. The van der Waals surface area contributed by atoms with Crippen LogP contribution in [0.2, 0.25) is 0 Å². The van der Waals surface area contributed by atoms with Gasteiger partial charge in [-0.25, -0.2) is 0 Å². The molecule has 0 radical (unpaired) electrons. The molecular formula is C15H23N3O2. The van der Waals surface area contributed by atoms with Crippen LogP contribution in [0.3, 0.4) is 0 Å². The Bertz CT molecular complexity index is 472. The van der Waals surface area contributed by atoms with Gasteiger partial charge in [0.2, 0.25) is 5.91 Å². The predicted octanol–water partition coefficient (Wildman–Crippen LogP) is 1.84. The number of hydrogen-bond acceptors (Lipinski definition) is 3. The molecule has 20 heavy (non-hydrogen) atoms. The van der Waals surface area contributed by atoms with Crippen LogP contribution in [-0.2, 0) is 4.79 Å². The highest BCUT2D eigenvalue weighted by atomic mass is 16.2. The van der Waals surface area contributed by atoms with E-state index in [0.717, 1.165) is 18.7 Å². The van der Waals surface area contributed by atoms with Crippen LogP contribution in [0.4, 0.5) is 5.69 Å². The number of nitrogens with one attached hydrogen (secondary N) is 1. The van der Waals surface area contributed by atoms with E-state index in [2.05, 4.69) is 12.2 Å². The van der Waals surface area contributed by atoms with E-state index in [4.69, 9.17) is 5.73 Å². The van der Waals surface area contributed by atoms with Crippen LogP contribution in [0, 0.1) is 0 Å². The van der Waals surface area contributed by atoms with Crippen molar-refractivity contribution >= 4 is 17.5 Å². The Hall–Kier alpha value is -2.04. The molecule has 1 rings (SSSR count). The van der Waals surface area contributed by atoms with Crippen LogP contribution in [0.5, 0.6) is 0 Å². The van der Waals surface area contributed by atoms with Crippen molar-refractivity contribution in [3.8, 4) is 0 Å². The second kappa shape index (κ2) is 7.53. The zero-order valence-corrected chi connectivity index (χ0v) is 12.3. The molecule has 0 fully saturated rings. The molecule has 3 N–H and O–H groups in total. The van der Waals surface area contributed by atoms with Gasteiger partial charge in [0.15, 0.2) is 0 Å². The molecule has 0 aromatic heterocycles. The van der Waals surface area contributed by atoms with E-state index in [1.807, 2.05) is 32.0 Å². The fraction of sp³-hybridized carbons (Fsp3) is 0.467. The highest BCUT2D eigenvalue weighted by Crippen LogP contribution is 2.18. The van der Waals surface area contributed by atoms with Crippen molar-refractivity contribution in [2.45, 2.75) is 33.2 Å². The van der Waals surface area contributed by atoms with Crippen LogP contribution in [0.1, 0.15) is 37.6 Å². The Morgan fingerprint density at radius 3 is 2.50 bits per heavy atom. The van der Waals surface area contributed by atoms with Crippen molar-refractivity contribution in [3.63, 3.8) is 0 Å². The number of rotatable bonds is 7. The summed E-state index contributed by atoms with van der Waals surface area (Å²) >= 11 is 0. The number of carbonyl (C=O) groups excluding carboxylic acids is 2. The standard InChI is InChI=1S/C15H23N3O2/c1-4-9-17-13-8-6-5-7-12(13)15(20)18(11(2)3)10-14(16)19/h5-8,11,17H,4,9-10H2,1-3H3,(H2,16,19). The molecule has 0 aliphatic heterocycles. The van der Waals surface area contributed by atoms with E-state index in [-0.39, 0.29) is 18.5 Å². The van der Waals surface area contributed by atoms with Gasteiger partial charge in [-0.1, -0.05) is 19.1 Å². The molecule has 0 bridgehead atoms. The maximum Gasteiger partial charge on any atom is 0.256 e. The Balaban J connectivity index is 3.02. The van der Waals surface area contributed by atoms with Gasteiger partial charge in [-0.3, -0.25) is 9.59 Å². The number of nitrogens with zero attached hydrogens (tertiary/aromatic N) is 1. The monoisotopic (exact) mass is 277 g/mol. The Kier molecular flexibility index (Phi) is 6.03. The average molecular weight is 277 g/mol. The summed E-state index contributed by atoms with van der Waals surface area (Å²) < 4.78 is 0. The molecule has 0 saturated carbocycles. The lowest BCUT2D eigenvalue weighted by Crippen LogP contribution is -2.43. The van der Waals surface area contributed by atoms with Crippen LogP contribution in [-0.4, -0.2) is 35.8 Å². The lowest BCUT2D eigenvalue weighted by Gasteiger charge is -2.26. The van der Waals surface area contributed by atoms with E-state index in [1.165, 1.54) is 4.90 Å². The van der Waals surface area contributed by atoms with Crippen LogP contribution < -0.4 is 11.1 Å². The molecule has 0 aliphatic rings. The molecule has 0 spiro atoms. The first kappa shape index (κ1) is 16.0. The maximum atomic E-state index is 12.6. The highest BCUT2D eigenvalue weighted by Gasteiger charge is 2.22. The number of benzene rings is 1. The first-order chi connectivity index (χ1) is 9.47. The zero-order valence-electron chi connectivity index (χ0n) is 12.3. The minimum absolute atomic E-state index is 0.0708. The van der Waals surface area contributed by atoms with Crippen molar-refractivity contribution in [1.82, 2.24) is 4.90 Å². The predicted molar refractivity (Wildman–Crippen MR) is 80.6 cm³/mol. The van der Waals surface area contributed by atoms with Gasteiger partial charge in [0.1, 0.15) is 0 Å². The summed E-state index contributed by atoms with van der Waals surface area (Å²) in [7, 11) is 0. The summed E-state index contributed by atoms with van der Waals surface area (Å²) in [6.45, 7) is 6.51. The highest BCUT2D eigenvalue weighted by molar-refractivity contribution is 6.01. The Labute approximate surface area is 120 Å². The second-order valence-corrected chi connectivity index (χ2v) is 4.97. The first-order valence-electron chi connectivity index (χ1n) is 6.89. The van der Waals surface area contributed by atoms with Gasteiger partial charge in [-0.05, 0) is 32.4 Å². The minimum Gasteiger partial charge on any atom is -0.384 e. The van der Waals surface area contributed by atoms with Crippen LogP contribution in [0.15, 0.2) is 24.3 Å². The van der Waals surface area contributed by atoms with E-state index >= 15 is 0 Å². The molecule has 0 aliphatic carbocycles. The summed E-state index contributed by atoms with van der Waals surface area (Å²) in [6, 6.07) is 7.23.